The first kappa shape index (κ1) is 14.8. The zero-order valence-electron chi connectivity index (χ0n) is 12.1. The van der Waals surface area contributed by atoms with Gasteiger partial charge in [0.25, 0.3) is 5.91 Å². The fourth-order valence-electron chi connectivity index (χ4n) is 2.45. The lowest BCUT2D eigenvalue weighted by Crippen LogP contribution is -2.38. The number of piperidine rings is 1. The number of aromatic nitrogens is 1. The predicted molar refractivity (Wildman–Crippen MR) is 82.4 cm³/mol. The van der Waals surface area contributed by atoms with Gasteiger partial charge in [-0.25, -0.2) is 9.37 Å². The van der Waals surface area contributed by atoms with E-state index in [-0.39, 0.29) is 17.5 Å². The molecule has 1 saturated heterocycles. The number of carbonyl (C=O) groups is 2. The lowest BCUT2D eigenvalue weighted by Gasteiger charge is -2.25. The highest BCUT2D eigenvalue weighted by molar-refractivity contribution is 7.17. The molecule has 0 radical (unpaired) electrons. The third-order valence-corrected chi connectivity index (χ3v) is 4.88. The third kappa shape index (κ3) is 2.78. The molecule has 4 nitrogen and oxygen atoms in total. The van der Waals surface area contributed by atoms with Crippen LogP contribution in [0.5, 0.6) is 0 Å². The molecule has 2 heterocycles. The Bertz CT molecular complexity index is 731. The quantitative estimate of drug-likeness (QED) is 0.855. The Morgan fingerprint density at radius 2 is 1.95 bits per heavy atom. The van der Waals surface area contributed by atoms with Crippen LogP contribution in [0.4, 0.5) is 4.39 Å². The first-order chi connectivity index (χ1) is 10.6. The summed E-state index contributed by atoms with van der Waals surface area (Å²) in [6, 6.07) is 6.40. The van der Waals surface area contributed by atoms with E-state index in [2.05, 4.69) is 4.98 Å². The molecule has 2 aromatic rings. The van der Waals surface area contributed by atoms with Crippen LogP contribution in [0.15, 0.2) is 24.3 Å². The van der Waals surface area contributed by atoms with Gasteiger partial charge < -0.3 is 4.90 Å². The maximum absolute atomic E-state index is 13.8. The van der Waals surface area contributed by atoms with E-state index in [0.29, 0.717) is 47.1 Å². The van der Waals surface area contributed by atoms with Gasteiger partial charge in [0.15, 0.2) is 0 Å². The summed E-state index contributed by atoms with van der Waals surface area (Å²) in [6.07, 6.45) is 0.813. The number of ketones is 1. The molecular formula is C16H15FN2O2S. The van der Waals surface area contributed by atoms with E-state index in [1.807, 2.05) is 0 Å². The van der Waals surface area contributed by atoms with E-state index in [4.69, 9.17) is 0 Å². The molecule has 1 aliphatic heterocycles. The minimum Gasteiger partial charge on any atom is -0.337 e. The SMILES string of the molecule is Cc1nc(-c2ccccc2F)sc1C(=O)N1CCC(=O)CC1. The summed E-state index contributed by atoms with van der Waals surface area (Å²) >= 11 is 1.20. The van der Waals surface area contributed by atoms with Crippen LogP contribution in [-0.2, 0) is 4.79 Å². The van der Waals surface area contributed by atoms with Crippen molar-refractivity contribution in [3.8, 4) is 10.6 Å². The number of rotatable bonds is 2. The highest BCUT2D eigenvalue weighted by Crippen LogP contribution is 2.30. The lowest BCUT2D eigenvalue weighted by atomic mass is 10.1. The zero-order valence-corrected chi connectivity index (χ0v) is 13.0. The molecule has 1 aromatic carbocycles. The summed E-state index contributed by atoms with van der Waals surface area (Å²) in [6.45, 7) is 2.65. The number of aryl methyl sites for hydroxylation is 1. The molecule has 0 aliphatic carbocycles. The van der Waals surface area contributed by atoms with E-state index in [9.17, 15) is 14.0 Å². The topological polar surface area (TPSA) is 50.3 Å². The molecule has 0 N–H and O–H groups in total. The Balaban J connectivity index is 1.88. The van der Waals surface area contributed by atoms with E-state index >= 15 is 0 Å². The number of thiazole rings is 1. The second kappa shape index (κ2) is 5.96. The van der Waals surface area contributed by atoms with E-state index in [1.54, 1.807) is 30.0 Å². The maximum Gasteiger partial charge on any atom is 0.265 e. The van der Waals surface area contributed by atoms with Gasteiger partial charge >= 0.3 is 0 Å². The van der Waals surface area contributed by atoms with Gasteiger partial charge in [0.05, 0.1) is 5.69 Å². The molecule has 0 spiro atoms. The van der Waals surface area contributed by atoms with Gasteiger partial charge in [-0.15, -0.1) is 11.3 Å². The number of likely N-dealkylation sites (tertiary alicyclic amines) is 1. The molecular weight excluding hydrogens is 303 g/mol. The first-order valence-corrected chi connectivity index (χ1v) is 7.91. The van der Waals surface area contributed by atoms with Crippen LogP contribution in [0, 0.1) is 12.7 Å². The fraction of sp³-hybridized carbons (Fsp3) is 0.312. The highest BCUT2D eigenvalue weighted by atomic mass is 32.1. The van der Waals surface area contributed by atoms with Gasteiger partial charge in [0.1, 0.15) is 21.5 Å². The minimum atomic E-state index is -0.348. The third-order valence-electron chi connectivity index (χ3n) is 3.70. The first-order valence-electron chi connectivity index (χ1n) is 7.09. The monoisotopic (exact) mass is 318 g/mol. The molecule has 0 atom stereocenters. The zero-order chi connectivity index (χ0) is 15.7. The number of hydrogen-bond donors (Lipinski definition) is 0. The molecule has 1 amide bonds. The van der Waals surface area contributed by atoms with E-state index < -0.39 is 0 Å². The van der Waals surface area contributed by atoms with Gasteiger partial charge in [-0.2, -0.15) is 0 Å². The summed E-state index contributed by atoms with van der Waals surface area (Å²) in [5.41, 5.74) is 1.01. The number of benzene rings is 1. The second-order valence-corrected chi connectivity index (χ2v) is 6.24. The smallest absolute Gasteiger partial charge is 0.265 e. The number of nitrogens with zero attached hydrogens (tertiary/aromatic N) is 2. The van der Waals surface area contributed by atoms with Crippen LogP contribution >= 0.6 is 11.3 Å². The van der Waals surface area contributed by atoms with Crippen molar-refractivity contribution in [3.05, 3.63) is 40.7 Å². The van der Waals surface area contributed by atoms with Crippen LogP contribution in [0.2, 0.25) is 0 Å². The van der Waals surface area contributed by atoms with Crippen molar-refractivity contribution in [2.45, 2.75) is 19.8 Å². The Kier molecular flexibility index (Phi) is 4.02. The van der Waals surface area contributed by atoms with Crippen LogP contribution in [0.25, 0.3) is 10.6 Å². The van der Waals surface area contributed by atoms with Crippen molar-refractivity contribution in [2.75, 3.05) is 13.1 Å². The van der Waals surface area contributed by atoms with E-state index in [0.717, 1.165) is 0 Å². The molecule has 0 bridgehead atoms. The van der Waals surface area contributed by atoms with Crippen molar-refractivity contribution >= 4 is 23.0 Å². The molecule has 22 heavy (non-hydrogen) atoms. The van der Waals surface area contributed by atoms with Gasteiger partial charge in [0, 0.05) is 31.5 Å². The Morgan fingerprint density at radius 1 is 1.27 bits per heavy atom. The summed E-state index contributed by atoms with van der Waals surface area (Å²) in [7, 11) is 0. The Hall–Kier alpha value is -2.08. The molecule has 0 saturated carbocycles. The van der Waals surface area contributed by atoms with Gasteiger partial charge in [-0.1, -0.05) is 12.1 Å². The highest BCUT2D eigenvalue weighted by Gasteiger charge is 2.25. The van der Waals surface area contributed by atoms with Gasteiger partial charge in [-0.05, 0) is 19.1 Å². The average Bonchev–Trinajstić information content (AvgIpc) is 2.89. The fourth-order valence-corrected chi connectivity index (χ4v) is 3.51. The minimum absolute atomic E-state index is 0.120. The summed E-state index contributed by atoms with van der Waals surface area (Å²) in [5.74, 6) is -0.277. The number of hydrogen-bond acceptors (Lipinski definition) is 4. The summed E-state index contributed by atoms with van der Waals surface area (Å²) in [4.78, 5) is 30.4. The Morgan fingerprint density at radius 3 is 2.64 bits per heavy atom. The van der Waals surface area contributed by atoms with Crippen molar-refractivity contribution < 1.29 is 14.0 Å². The van der Waals surface area contributed by atoms with Gasteiger partial charge in [0.2, 0.25) is 0 Å². The van der Waals surface area contributed by atoms with Crippen molar-refractivity contribution in [3.63, 3.8) is 0 Å². The summed E-state index contributed by atoms with van der Waals surface area (Å²) < 4.78 is 13.8. The van der Waals surface area contributed by atoms with Crippen molar-refractivity contribution in [2.24, 2.45) is 0 Å². The predicted octanol–water partition coefficient (Wildman–Crippen LogP) is 3.06. The van der Waals surface area contributed by atoms with Crippen molar-refractivity contribution in [1.29, 1.82) is 0 Å². The molecule has 1 aliphatic rings. The summed E-state index contributed by atoms with van der Waals surface area (Å²) in [5, 5.41) is 0.507. The van der Waals surface area contributed by atoms with Crippen molar-refractivity contribution in [1.82, 2.24) is 9.88 Å². The molecule has 1 fully saturated rings. The number of Topliss-reactive ketones (excluding diaryl/α,β-unsaturated/α-hetero) is 1. The normalized spacial score (nSPS) is 15.2. The van der Waals surface area contributed by atoms with Crippen LogP contribution in [0.3, 0.4) is 0 Å². The standard InChI is InChI=1S/C16H15FN2O2S/c1-10-14(16(21)19-8-6-11(20)7-9-19)22-15(18-10)12-4-2-3-5-13(12)17/h2-5H,6-9H2,1H3. The average molecular weight is 318 g/mol. The Labute approximate surface area is 131 Å². The molecule has 114 valence electrons. The van der Waals surface area contributed by atoms with Crippen LogP contribution < -0.4 is 0 Å². The molecule has 0 unspecified atom stereocenters. The number of carbonyl (C=O) groups excluding carboxylic acids is 2. The lowest BCUT2D eigenvalue weighted by molar-refractivity contribution is -0.120. The van der Waals surface area contributed by atoms with Crippen LogP contribution in [0.1, 0.15) is 28.2 Å². The number of amides is 1. The van der Waals surface area contributed by atoms with Gasteiger partial charge in [-0.3, -0.25) is 9.59 Å². The van der Waals surface area contributed by atoms with E-state index in [1.165, 1.54) is 17.4 Å². The number of halogens is 1. The molecule has 6 heteroatoms. The maximum atomic E-state index is 13.8. The largest absolute Gasteiger partial charge is 0.337 e. The second-order valence-electron chi connectivity index (χ2n) is 5.24. The molecule has 1 aromatic heterocycles. The van der Waals surface area contributed by atoms with Crippen LogP contribution in [-0.4, -0.2) is 34.7 Å². The molecule has 3 rings (SSSR count).